The molecule has 1 unspecified atom stereocenters. The van der Waals surface area contributed by atoms with E-state index in [-0.39, 0.29) is 26.4 Å². The van der Waals surface area contributed by atoms with Crippen LogP contribution in [-0.4, -0.2) is 47.1 Å². The minimum Gasteiger partial charge on any atom is -0.445 e. The molecule has 0 bridgehead atoms. The second-order valence-electron chi connectivity index (χ2n) is 4.47. The highest BCUT2D eigenvalue weighted by atomic mass is 31.3. The monoisotopic (exact) mass is 399 g/mol. The molecular weight excluding hydrogens is 380 g/mol. The number of phosphoric acid groups is 2. The van der Waals surface area contributed by atoms with Gasteiger partial charge in [-0.1, -0.05) is 30.3 Å². The molecular formula is C12H19NO10P2. The number of carbonyl (C=O) groups is 1. The van der Waals surface area contributed by atoms with Crippen molar-refractivity contribution in [3.8, 4) is 0 Å². The van der Waals surface area contributed by atoms with E-state index in [4.69, 9.17) is 24.2 Å². The fraction of sp³-hybridized carbons (Fsp3) is 0.417. The van der Waals surface area contributed by atoms with Crippen LogP contribution in [0.25, 0.3) is 0 Å². The molecule has 1 rings (SSSR count). The number of hydrogen-bond acceptors (Lipinski definition) is 7. The second-order valence-corrected chi connectivity index (χ2v) is 7.30. The van der Waals surface area contributed by atoms with Crippen LogP contribution in [0.15, 0.2) is 30.3 Å². The maximum atomic E-state index is 11.4. The van der Waals surface area contributed by atoms with Gasteiger partial charge in [-0.2, -0.15) is 4.31 Å². The Morgan fingerprint density at radius 2 is 1.72 bits per heavy atom. The van der Waals surface area contributed by atoms with E-state index in [0.717, 1.165) is 5.56 Å². The molecule has 0 fully saturated rings. The van der Waals surface area contributed by atoms with Crippen LogP contribution in [-0.2, 0) is 34.0 Å². The predicted octanol–water partition coefficient (Wildman–Crippen LogP) is 1.16. The Morgan fingerprint density at radius 1 is 1.04 bits per heavy atom. The van der Waals surface area contributed by atoms with Gasteiger partial charge in [-0.3, -0.25) is 4.52 Å². The maximum Gasteiger partial charge on any atom is 0.481 e. The summed E-state index contributed by atoms with van der Waals surface area (Å²) in [6.45, 7) is -0.267. The van der Waals surface area contributed by atoms with Gasteiger partial charge in [0.1, 0.15) is 6.61 Å². The van der Waals surface area contributed by atoms with E-state index in [2.05, 4.69) is 14.2 Å². The predicted molar refractivity (Wildman–Crippen MR) is 84.4 cm³/mol. The van der Waals surface area contributed by atoms with Crippen LogP contribution < -0.4 is 5.32 Å². The third-order valence-electron chi connectivity index (χ3n) is 2.42. The summed E-state index contributed by atoms with van der Waals surface area (Å²) >= 11 is 0. The van der Waals surface area contributed by atoms with Gasteiger partial charge in [0.25, 0.3) is 0 Å². The summed E-state index contributed by atoms with van der Waals surface area (Å²) in [5.74, 6) is 0. The van der Waals surface area contributed by atoms with E-state index >= 15 is 0 Å². The van der Waals surface area contributed by atoms with E-state index in [9.17, 15) is 13.9 Å². The normalized spacial score (nSPS) is 13.9. The van der Waals surface area contributed by atoms with Crippen LogP contribution in [0.5, 0.6) is 0 Å². The van der Waals surface area contributed by atoms with Crippen LogP contribution in [0.1, 0.15) is 5.56 Å². The number of amides is 1. The summed E-state index contributed by atoms with van der Waals surface area (Å²) in [5, 5.41) is 2.43. The van der Waals surface area contributed by atoms with Crippen molar-refractivity contribution >= 4 is 21.7 Å². The number of nitrogens with one attached hydrogen (secondary N) is 1. The molecule has 4 N–H and O–H groups in total. The molecule has 1 amide bonds. The second kappa shape index (κ2) is 10.6. The molecule has 1 atom stereocenters. The molecule has 0 aromatic heterocycles. The van der Waals surface area contributed by atoms with Crippen molar-refractivity contribution in [1.29, 1.82) is 0 Å². The minimum absolute atomic E-state index is 0.0683. The van der Waals surface area contributed by atoms with Gasteiger partial charge in [0, 0.05) is 6.54 Å². The quantitative estimate of drug-likeness (QED) is 0.314. The number of benzene rings is 1. The highest BCUT2D eigenvalue weighted by molar-refractivity contribution is 7.60. The molecule has 25 heavy (non-hydrogen) atoms. The summed E-state index contributed by atoms with van der Waals surface area (Å²) < 4.78 is 39.3. The molecule has 0 saturated carbocycles. The Balaban J connectivity index is 2.03. The van der Waals surface area contributed by atoms with Gasteiger partial charge >= 0.3 is 21.7 Å². The zero-order valence-corrected chi connectivity index (χ0v) is 14.8. The Morgan fingerprint density at radius 3 is 2.36 bits per heavy atom. The molecule has 11 nitrogen and oxygen atoms in total. The molecule has 0 heterocycles. The van der Waals surface area contributed by atoms with Gasteiger partial charge in [-0.25, -0.2) is 13.9 Å². The van der Waals surface area contributed by atoms with Gasteiger partial charge < -0.3 is 29.5 Å². The zero-order chi connectivity index (χ0) is 18.8. The number of rotatable bonds is 11. The van der Waals surface area contributed by atoms with Crippen molar-refractivity contribution in [2.75, 3.05) is 26.4 Å². The van der Waals surface area contributed by atoms with Gasteiger partial charge in [0.2, 0.25) is 0 Å². The van der Waals surface area contributed by atoms with E-state index in [0.29, 0.717) is 0 Å². The van der Waals surface area contributed by atoms with Crippen molar-refractivity contribution < 1.29 is 46.9 Å². The first-order chi connectivity index (χ1) is 11.7. The standard InChI is InChI=1S/C12H19NO10P2/c14-12(21-10-11-4-2-1-3-5-11)13-6-7-20-8-9-22-25(18,19)23-24(15,16)17/h1-5H,6-10H2,(H,13,14)(H,18,19)(H2,15,16,17). The first-order valence-electron chi connectivity index (χ1n) is 6.94. The van der Waals surface area contributed by atoms with Crippen LogP contribution in [0, 0.1) is 0 Å². The third kappa shape index (κ3) is 11.8. The molecule has 142 valence electrons. The largest absolute Gasteiger partial charge is 0.481 e. The first-order valence-corrected chi connectivity index (χ1v) is 9.97. The molecule has 0 saturated heterocycles. The van der Waals surface area contributed by atoms with Gasteiger partial charge in [-0.15, -0.1) is 0 Å². The fourth-order valence-electron chi connectivity index (χ4n) is 1.47. The molecule has 1 aromatic rings. The molecule has 0 spiro atoms. The van der Waals surface area contributed by atoms with E-state index in [1.54, 1.807) is 0 Å². The molecule has 0 aliphatic carbocycles. The van der Waals surface area contributed by atoms with Crippen LogP contribution >= 0.6 is 15.6 Å². The Hall–Kier alpha value is -1.29. The summed E-state index contributed by atoms with van der Waals surface area (Å²) in [7, 11) is -9.99. The topological polar surface area (TPSA) is 161 Å². The van der Waals surface area contributed by atoms with Crippen LogP contribution in [0.3, 0.4) is 0 Å². The number of alkyl carbamates (subject to hydrolysis) is 1. The average molecular weight is 399 g/mol. The Labute approximate surface area is 143 Å². The lowest BCUT2D eigenvalue weighted by atomic mass is 10.2. The molecule has 0 radical (unpaired) electrons. The lowest BCUT2D eigenvalue weighted by Crippen LogP contribution is -2.28. The molecule has 0 aliphatic rings. The number of hydrogen-bond donors (Lipinski definition) is 4. The lowest BCUT2D eigenvalue weighted by molar-refractivity contribution is 0.0835. The Kier molecular flexibility index (Phi) is 9.26. The van der Waals surface area contributed by atoms with Crippen molar-refractivity contribution in [1.82, 2.24) is 5.32 Å². The smallest absolute Gasteiger partial charge is 0.445 e. The summed E-state index contributed by atoms with van der Waals surface area (Å²) in [6, 6.07) is 9.11. The average Bonchev–Trinajstić information content (AvgIpc) is 2.50. The van der Waals surface area contributed by atoms with E-state index in [1.165, 1.54) is 0 Å². The van der Waals surface area contributed by atoms with E-state index in [1.807, 2.05) is 30.3 Å². The highest BCUT2D eigenvalue weighted by Crippen LogP contribution is 2.57. The minimum atomic E-state index is -5.13. The van der Waals surface area contributed by atoms with E-state index < -0.39 is 28.3 Å². The molecule has 1 aromatic carbocycles. The number of carbonyl (C=O) groups excluding carboxylic acids is 1. The third-order valence-corrected chi connectivity index (χ3v) is 4.61. The van der Waals surface area contributed by atoms with Gasteiger partial charge in [-0.05, 0) is 5.56 Å². The van der Waals surface area contributed by atoms with Crippen molar-refractivity contribution in [2.45, 2.75) is 6.61 Å². The summed E-state index contributed by atoms with van der Waals surface area (Å²) in [6.07, 6.45) is -0.626. The fourth-order valence-corrected chi connectivity index (χ4v) is 3.04. The van der Waals surface area contributed by atoms with Crippen molar-refractivity contribution in [3.05, 3.63) is 35.9 Å². The SMILES string of the molecule is O=C(NCCOCCOP(=O)(O)OP(=O)(O)O)OCc1ccccc1. The maximum absolute atomic E-state index is 11.4. The number of phosphoric ester groups is 1. The molecule has 0 aliphatic heterocycles. The molecule has 13 heteroatoms. The summed E-state index contributed by atoms with van der Waals surface area (Å²) in [5.41, 5.74) is 0.844. The number of ether oxygens (including phenoxy) is 2. The highest BCUT2D eigenvalue weighted by Gasteiger charge is 2.31. The van der Waals surface area contributed by atoms with Crippen LogP contribution in [0.4, 0.5) is 4.79 Å². The van der Waals surface area contributed by atoms with Crippen LogP contribution in [0.2, 0.25) is 0 Å². The lowest BCUT2D eigenvalue weighted by Gasteiger charge is -2.12. The summed E-state index contributed by atoms with van der Waals surface area (Å²) in [4.78, 5) is 37.1. The first kappa shape index (κ1) is 21.8. The van der Waals surface area contributed by atoms with Gasteiger partial charge in [0.15, 0.2) is 0 Å². The Bertz CT molecular complexity index is 620. The van der Waals surface area contributed by atoms with Crippen molar-refractivity contribution in [2.24, 2.45) is 0 Å². The zero-order valence-electron chi connectivity index (χ0n) is 13.0. The van der Waals surface area contributed by atoms with Crippen molar-refractivity contribution in [3.63, 3.8) is 0 Å². The van der Waals surface area contributed by atoms with Gasteiger partial charge in [0.05, 0.1) is 19.8 Å².